The summed E-state index contributed by atoms with van der Waals surface area (Å²) < 4.78 is 19.2. The number of carbonyl (C=O) groups is 1. The van der Waals surface area contributed by atoms with Gasteiger partial charge in [0.1, 0.15) is 12.4 Å². The summed E-state index contributed by atoms with van der Waals surface area (Å²) in [6.45, 7) is 2.50. The predicted molar refractivity (Wildman–Crippen MR) is 106 cm³/mol. The number of benzene rings is 2. The molecule has 0 aliphatic heterocycles. The highest BCUT2D eigenvalue weighted by Crippen LogP contribution is 2.19. The van der Waals surface area contributed by atoms with Gasteiger partial charge in [0, 0.05) is 22.2 Å². The molecule has 5 nitrogen and oxygen atoms in total. The van der Waals surface area contributed by atoms with Crippen LogP contribution < -0.4 is 10.1 Å². The van der Waals surface area contributed by atoms with Gasteiger partial charge in [0.05, 0.1) is 18.7 Å². The van der Waals surface area contributed by atoms with Gasteiger partial charge in [-0.05, 0) is 25.1 Å². The summed E-state index contributed by atoms with van der Waals surface area (Å²) in [5.41, 5.74) is 3.09. The van der Waals surface area contributed by atoms with E-state index in [0.717, 1.165) is 11.3 Å². The Hall–Kier alpha value is -2.99. The molecular weight excluding hydrogens is 381 g/mol. The maximum Gasteiger partial charge on any atom is 0.233 e. The SMILES string of the molecule is Cc1ccc(-c2ccc(OCCNC(=O)Cc3c(F)cccc3Cl)nn2)cc1. The van der Waals surface area contributed by atoms with Crippen molar-refractivity contribution in [2.24, 2.45) is 0 Å². The lowest BCUT2D eigenvalue weighted by atomic mass is 10.1. The molecule has 0 unspecified atom stereocenters. The summed E-state index contributed by atoms with van der Waals surface area (Å²) in [4.78, 5) is 11.9. The van der Waals surface area contributed by atoms with E-state index in [9.17, 15) is 9.18 Å². The molecule has 0 bridgehead atoms. The minimum absolute atomic E-state index is 0.128. The summed E-state index contributed by atoms with van der Waals surface area (Å²) in [5.74, 6) is -0.471. The highest BCUT2D eigenvalue weighted by Gasteiger charge is 2.11. The Kier molecular flexibility index (Phi) is 6.55. The smallest absolute Gasteiger partial charge is 0.233 e. The number of halogens is 2. The quantitative estimate of drug-likeness (QED) is 0.610. The molecule has 28 heavy (non-hydrogen) atoms. The third-order valence-corrected chi connectivity index (χ3v) is 4.41. The molecule has 0 fully saturated rings. The Morgan fingerprint density at radius 2 is 1.89 bits per heavy atom. The summed E-state index contributed by atoms with van der Waals surface area (Å²) in [7, 11) is 0. The van der Waals surface area contributed by atoms with Gasteiger partial charge in [-0.25, -0.2) is 4.39 Å². The summed E-state index contributed by atoms with van der Waals surface area (Å²) in [6, 6.07) is 15.9. The molecule has 0 atom stereocenters. The van der Waals surface area contributed by atoms with Crippen LogP contribution in [0.15, 0.2) is 54.6 Å². The van der Waals surface area contributed by atoms with Crippen molar-refractivity contribution in [2.75, 3.05) is 13.2 Å². The Bertz CT molecular complexity index is 927. The lowest BCUT2D eigenvalue weighted by molar-refractivity contribution is -0.120. The van der Waals surface area contributed by atoms with Gasteiger partial charge in [0.25, 0.3) is 0 Å². The van der Waals surface area contributed by atoms with E-state index < -0.39 is 5.82 Å². The van der Waals surface area contributed by atoms with E-state index in [2.05, 4.69) is 15.5 Å². The van der Waals surface area contributed by atoms with Crippen LogP contribution in [0.1, 0.15) is 11.1 Å². The van der Waals surface area contributed by atoms with Gasteiger partial charge in [-0.1, -0.05) is 47.5 Å². The number of aryl methyl sites for hydroxylation is 1. The first-order valence-corrected chi connectivity index (χ1v) is 9.14. The molecular formula is C21H19ClFN3O2. The van der Waals surface area contributed by atoms with Crippen molar-refractivity contribution in [3.8, 4) is 17.1 Å². The molecule has 1 heterocycles. The van der Waals surface area contributed by atoms with E-state index in [1.807, 2.05) is 37.3 Å². The summed E-state index contributed by atoms with van der Waals surface area (Å²) in [5, 5.41) is 11.1. The second-order valence-electron chi connectivity index (χ2n) is 6.20. The molecule has 3 rings (SSSR count). The van der Waals surface area contributed by atoms with Crippen molar-refractivity contribution in [2.45, 2.75) is 13.3 Å². The van der Waals surface area contributed by atoms with Gasteiger partial charge in [0.15, 0.2) is 0 Å². The predicted octanol–water partition coefficient (Wildman–Crippen LogP) is 3.98. The zero-order valence-corrected chi connectivity index (χ0v) is 16.0. The molecule has 144 valence electrons. The number of nitrogens with one attached hydrogen (secondary N) is 1. The van der Waals surface area contributed by atoms with Gasteiger partial charge in [0.2, 0.25) is 11.8 Å². The Labute approximate surface area is 167 Å². The molecule has 1 amide bonds. The monoisotopic (exact) mass is 399 g/mol. The van der Waals surface area contributed by atoms with Crippen molar-refractivity contribution >= 4 is 17.5 Å². The van der Waals surface area contributed by atoms with Crippen LogP contribution in [0.3, 0.4) is 0 Å². The van der Waals surface area contributed by atoms with Gasteiger partial charge in [-0.3, -0.25) is 4.79 Å². The summed E-state index contributed by atoms with van der Waals surface area (Å²) in [6.07, 6.45) is -0.128. The number of aromatic nitrogens is 2. The lowest BCUT2D eigenvalue weighted by Crippen LogP contribution is -2.29. The largest absolute Gasteiger partial charge is 0.475 e. The van der Waals surface area contributed by atoms with Gasteiger partial charge in [-0.15, -0.1) is 10.2 Å². The zero-order valence-electron chi connectivity index (χ0n) is 15.3. The molecule has 0 aliphatic carbocycles. The van der Waals surface area contributed by atoms with Crippen LogP contribution >= 0.6 is 11.6 Å². The highest BCUT2D eigenvalue weighted by molar-refractivity contribution is 6.31. The topological polar surface area (TPSA) is 64.1 Å². The number of amides is 1. The Balaban J connectivity index is 1.45. The molecule has 1 N–H and O–H groups in total. The fourth-order valence-electron chi connectivity index (χ4n) is 2.55. The molecule has 0 aliphatic rings. The van der Waals surface area contributed by atoms with Crippen molar-refractivity contribution < 1.29 is 13.9 Å². The van der Waals surface area contributed by atoms with E-state index in [1.54, 1.807) is 12.1 Å². The van der Waals surface area contributed by atoms with Gasteiger partial charge < -0.3 is 10.1 Å². The van der Waals surface area contributed by atoms with Crippen LogP contribution in [0.4, 0.5) is 4.39 Å². The van der Waals surface area contributed by atoms with Crippen LogP contribution in [0, 0.1) is 12.7 Å². The number of carbonyl (C=O) groups excluding carboxylic acids is 1. The maximum atomic E-state index is 13.7. The van der Waals surface area contributed by atoms with Crippen LogP contribution in [0.5, 0.6) is 5.88 Å². The first-order chi connectivity index (χ1) is 13.5. The van der Waals surface area contributed by atoms with Gasteiger partial charge in [-0.2, -0.15) is 0 Å². The molecule has 3 aromatic rings. The number of hydrogen-bond donors (Lipinski definition) is 1. The van der Waals surface area contributed by atoms with Crippen molar-refractivity contribution in [3.63, 3.8) is 0 Å². The standard InChI is InChI=1S/C21H19ClFN3O2/c1-14-5-7-15(8-6-14)19-9-10-21(26-25-19)28-12-11-24-20(27)13-16-17(22)3-2-4-18(16)23/h2-10H,11-13H2,1H3,(H,24,27). The summed E-state index contributed by atoms with van der Waals surface area (Å²) >= 11 is 5.92. The zero-order chi connectivity index (χ0) is 19.9. The number of ether oxygens (including phenoxy) is 1. The fraction of sp³-hybridized carbons (Fsp3) is 0.190. The Morgan fingerprint density at radius 1 is 1.11 bits per heavy atom. The Morgan fingerprint density at radius 3 is 2.57 bits per heavy atom. The second kappa shape index (κ2) is 9.28. The van der Waals surface area contributed by atoms with Gasteiger partial charge >= 0.3 is 0 Å². The van der Waals surface area contributed by atoms with E-state index >= 15 is 0 Å². The molecule has 7 heteroatoms. The third-order valence-electron chi connectivity index (χ3n) is 4.06. The van der Waals surface area contributed by atoms with E-state index in [1.165, 1.54) is 17.7 Å². The third kappa shape index (κ3) is 5.27. The van der Waals surface area contributed by atoms with E-state index in [4.69, 9.17) is 16.3 Å². The fourth-order valence-corrected chi connectivity index (χ4v) is 2.78. The minimum Gasteiger partial charge on any atom is -0.475 e. The maximum absolute atomic E-state index is 13.7. The molecule has 0 spiro atoms. The molecule has 0 radical (unpaired) electrons. The minimum atomic E-state index is -0.497. The van der Waals surface area contributed by atoms with E-state index in [0.29, 0.717) is 5.88 Å². The van der Waals surface area contributed by atoms with Crippen molar-refractivity contribution in [3.05, 3.63) is 76.6 Å². The average Bonchev–Trinajstić information content (AvgIpc) is 2.69. The number of nitrogens with zero attached hydrogens (tertiary/aromatic N) is 2. The number of rotatable bonds is 7. The molecule has 1 aromatic heterocycles. The molecule has 0 saturated carbocycles. The average molecular weight is 400 g/mol. The first kappa shape index (κ1) is 19.8. The van der Waals surface area contributed by atoms with Crippen molar-refractivity contribution in [1.82, 2.24) is 15.5 Å². The first-order valence-electron chi connectivity index (χ1n) is 8.76. The van der Waals surface area contributed by atoms with E-state index in [-0.39, 0.29) is 36.1 Å². The number of hydrogen-bond acceptors (Lipinski definition) is 4. The second-order valence-corrected chi connectivity index (χ2v) is 6.61. The highest BCUT2D eigenvalue weighted by atomic mass is 35.5. The van der Waals surface area contributed by atoms with Crippen LogP contribution in [0.25, 0.3) is 11.3 Å². The molecule has 0 saturated heterocycles. The van der Waals surface area contributed by atoms with Crippen LogP contribution in [-0.4, -0.2) is 29.3 Å². The van der Waals surface area contributed by atoms with Crippen LogP contribution in [0.2, 0.25) is 5.02 Å². The van der Waals surface area contributed by atoms with Crippen LogP contribution in [-0.2, 0) is 11.2 Å². The van der Waals surface area contributed by atoms with Crippen molar-refractivity contribution in [1.29, 1.82) is 0 Å². The lowest BCUT2D eigenvalue weighted by Gasteiger charge is -2.08. The normalized spacial score (nSPS) is 10.5. The molecule has 2 aromatic carbocycles.